The largest absolute Gasteiger partial charge is 0.490 e. The first kappa shape index (κ1) is 26.7. The van der Waals surface area contributed by atoms with E-state index in [4.69, 9.17) is 16.0 Å². The van der Waals surface area contributed by atoms with Gasteiger partial charge in [-0.3, -0.25) is 5.10 Å². The van der Waals surface area contributed by atoms with Crippen LogP contribution in [0.4, 0.5) is 20.2 Å². The van der Waals surface area contributed by atoms with E-state index in [2.05, 4.69) is 42.9 Å². The number of benzene rings is 3. The molecular formula is C32H32F2N6O2. The highest BCUT2D eigenvalue weighted by molar-refractivity contribution is 6.00. The average molecular weight is 571 g/mol. The van der Waals surface area contributed by atoms with E-state index < -0.39 is 11.6 Å². The lowest BCUT2D eigenvalue weighted by Gasteiger charge is -2.44. The van der Waals surface area contributed by atoms with E-state index in [9.17, 15) is 0 Å². The number of fused-ring (bicyclic) bond motifs is 4. The summed E-state index contributed by atoms with van der Waals surface area (Å²) in [5.74, 6) is -0.582. The molecule has 1 atom stereocenters. The van der Waals surface area contributed by atoms with Crippen molar-refractivity contribution < 1.29 is 18.3 Å². The van der Waals surface area contributed by atoms with Gasteiger partial charge in [0.05, 0.1) is 29.5 Å². The van der Waals surface area contributed by atoms with E-state index in [-0.39, 0.29) is 28.7 Å². The Labute approximate surface area is 243 Å². The highest BCUT2D eigenvalue weighted by Gasteiger charge is 2.32. The maximum absolute atomic E-state index is 15.5. The van der Waals surface area contributed by atoms with Crippen LogP contribution in [0.3, 0.4) is 0 Å². The van der Waals surface area contributed by atoms with Gasteiger partial charge in [-0.15, -0.1) is 0 Å². The predicted octanol–water partition coefficient (Wildman–Crippen LogP) is 5.71. The maximum atomic E-state index is 15.5. The van der Waals surface area contributed by atoms with Crippen LogP contribution in [0.2, 0.25) is 0 Å². The van der Waals surface area contributed by atoms with E-state index in [1.165, 1.54) is 12.1 Å². The Morgan fingerprint density at radius 2 is 1.79 bits per heavy atom. The minimum atomic E-state index is -0.767. The molecule has 3 aromatic carbocycles. The molecule has 0 spiro atoms. The van der Waals surface area contributed by atoms with Gasteiger partial charge in [0, 0.05) is 61.4 Å². The number of likely N-dealkylation sites (tertiary alicyclic amines) is 1. The Balaban J connectivity index is 1.24. The number of likely N-dealkylation sites (N-methyl/N-ethyl adjacent to an activating group) is 1. The smallest absolute Gasteiger partial charge is 0.197 e. The first-order valence-electron chi connectivity index (χ1n) is 14.3. The van der Waals surface area contributed by atoms with Crippen molar-refractivity contribution in [1.29, 1.82) is 0 Å². The number of aromatic amines is 1. The number of nitrogens with zero attached hydrogens (tertiary/aromatic N) is 5. The molecule has 42 heavy (non-hydrogen) atoms. The summed E-state index contributed by atoms with van der Waals surface area (Å²) in [7, 11) is 4.17. The Hall–Kier alpha value is -4.20. The number of H-pyrrole nitrogens is 1. The van der Waals surface area contributed by atoms with Crippen LogP contribution in [0.1, 0.15) is 12.8 Å². The molecule has 0 saturated carbocycles. The van der Waals surface area contributed by atoms with Gasteiger partial charge < -0.3 is 24.2 Å². The number of hydrogen-bond donors (Lipinski definition) is 1. The summed E-state index contributed by atoms with van der Waals surface area (Å²) >= 11 is 0. The van der Waals surface area contributed by atoms with E-state index in [0.717, 1.165) is 62.6 Å². The van der Waals surface area contributed by atoms with Crippen molar-refractivity contribution in [3.05, 3.63) is 65.5 Å². The van der Waals surface area contributed by atoms with Gasteiger partial charge in [-0.1, -0.05) is 12.1 Å². The summed E-state index contributed by atoms with van der Waals surface area (Å²) in [5.41, 5.74) is 3.17. The van der Waals surface area contributed by atoms with Gasteiger partial charge in [0.15, 0.2) is 5.69 Å². The van der Waals surface area contributed by atoms with Crippen molar-refractivity contribution in [2.45, 2.75) is 25.0 Å². The molecule has 2 fully saturated rings. The van der Waals surface area contributed by atoms with Crippen LogP contribution in [-0.4, -0.2) is 85.6 Å². The zero-order chi connectivity index (χ0) is 29.0. The van der Waals surface area contributed by atoms with E-state index in [1.54, 1.807) is 12.1 Å². The first-order valence-corrected chi connectivity index (χ1v) is 14.3. The number of anilines is 1. The van der Waals surface area contributed by atoms with Crippen LogP contribution in [0.25, 0.3) is 38.1 Å². The standard InChI is InChI=1S/C32H32F2N6O2/c1-35-27-16-28-24(15-23(27)31-25(33)13-22(14-26(31)34)42-21-6-8-38(2)9-7-21)32(37-36-28)19-4-5-29-30(12-19)41-18-20-17-39(3)10-11-40(20)29/h4-5,12-16,20-21H,6-11,17-18H2,2-3H3,(H,36,37). The quantitative estimate of drug-likeness (QED) is 0.317. The number of piperazine rings is 1. The summed E-state index contributed by atoms with van der Waals surface area (Å²) in [6.07, 6.45) is 1.51. The molecule has 1 aromatic heterocycles. The second-order valence-electron chi connectivity index (χ2n) is 11.6. The van der Waals surface area contributed by atoms with Gasteiger partial charge in [-0.2, -0.15) is 5.10 Å². The minimum absolute atomic E-state index is 0.0859. The summed E-state index contributed by atoms with van der Waals surface area (Å²) in [6, 6.07) is 12.0. The fourth-order valence-corrected chi connectivity index (χ4v) is 6.41. The first-order chi connectivity index (χ1) is 20.4. The zero-order valence-electron chi connectivity index (χ0n) is 23.7. The van der Waals surface area contributed by atoms with Crippen LogP contribution in [0.5, 0.6) is 11.5 Å². The Morgan fingerprint density at radius 1 is 1.00 bits per heavy atom. The molecule has 3 aliphatic rings. The third-order valence-electron chi connectivity index (χ3n) is 8.71. The molecule has 0 bridgehead atoms. The summed E-state index contributed by atoms with van der Waals surface area (Å²) < 4.78 is 43.2. The van der Waals surface area contributed by atoms with Crippen molar-refractivity contribution in [3.8, 4) is 33.9 Å². The van der Waals surface area contributed by atoms with Gasteiger partial charge in [0.2, 0.25) is 0 Å². The number of nitrogens with one attached hydrogen (secondary N) is 1. The fourth-order valence-electron chi connectivity index (χ4n) is 6.41. The van der Waals surface area contributed by atoms with Crippen LogP contribution in [-0.2, 0) is 0 Å². The summed E-state index contributed by atoms with van der Waals surface area (Å²) in [5, 5.41) is 8.19. The zero-order valence-corrected chi connectivity index (χ0v) is 23.7. The molecule has 8 nitrogen and oxygen atoms in total. The lowest BCUT2D eigenvalue weighted by Crippen LogP contribution is -2.56. The van der Waals surface area contributed by atoms with E-state index >= 15 is 8.78 Å². The molecule has 0 radical (unpaired) electrons. The van der Waals surface area contributed by atoms with Crippen molar-refractivity contribution in [2.75, 3.05) is 58.3 Å². The molecule has 1 N–H and O–H groups in total. The van der Waals surface area contributed by atoms with Crippen molar-refractivity contribution >= 4 is 22.3 Å². The van der Waals surface area contributed by atoms with Crippen molar-refractivity contribution in [3.63, 3.8) is 0 Å². The van der Waals surface area contributed by atoms with Gasteiger partial charge in [0.1, 0.15) is 35.8 Å². The average Bonchev–Trinajstić information content (AvgIpc) is 3.40. The van der Waals surface area contributed by atoms with E-state index in [1.807, 2.05) is 19.2 Å². The molecule has 0 aliphatic carbocycles. The maximum Gasteiger partial charge on any atom is 0.197 e. The minimum Gasteiger partial charge on any atom is -0.490 e. The lowest BCUT2D eigenvalue weighted by atomic mass is 9.97. The Kier molecular flexibility index (Phi) is 6.72. The fraction of sp³-hybridized carbons (Fsp3) is 0.375. The van der Waals surface area contributed by atoms with Crippen LogP contribution in [0.15, 0.2) is 42.5 Å². The van der Waals surface area contributed by atoms with Gasteiger partial charge in [-0.25, -0.2) is 13.6 Å². The Bertz CT molecular complexity index is 1680. The molecule has 7 rings (SSSR count). The molecule has 3 aliphatic heterocycles. The van der Waals surface area contributed by atoms with Crippen molar-refractivity contribution in [1.82, 2.24) is 20.0 Å². The van der Waals surface area contributed by atoms with Gasteiger partial charge in [-0.05, 0) is 50.7 Å². The molecule has 2 saturated heterocycles. The van der Waals surface area contributed by atoms with Crippen molar-refractivity contribution in [2.24, 2.45) is 0 Å². The summed E-state index contributed by atoms with van der Waals surface area (Å²) in [4.78, 5) is 10.5. The normalized spacial score (nSPS) is 19.7. The second kappa shape index (κ2) is 10.6. The molecule has 10 heteroatoms. The molecular weight excluding hydrogens is 538 g/mol. The third-order valence-corrected chi connectivity index (χ3v) is 8.71. The highest BCUT2D eigenvalue weighted by atomic mass is 19.1. The molecule has 0 amide bonds. The third kappa shape index (κ3) is 4.72. The highest BCUT2D eigenvalue weighted by Crippen LogP contribution is 2.43. The number of hydrogen-bond acceptors (Lipinski definition) is 6. The molecule has 1 unspecified atom stereocenters. The van der Waals surface area contributed by atoms with Crippen LogP contribution in [0, 0.1) is 18.2 Å². The Morgan fingerprint density at radius 3 is 2.55 bits per heavy atom. The van der Waals surface area contributed by atoms with Crippen LogP contribution < -0.4 is 14.4 Å². The number of piperidine rings is 1. The molecule has 4 aromatic rings. The number of ether oxygens (including phenoxy) is 2. The second-order valence-corrected chi connectivity index (χ2v) is 11.6. The SMILES string of the molecule is [C-]#[N+]c1cc2[nH]nc(-c3ccc4c(c3)OCC3CN(C)CCN43)c2cc1-c1c(F)cc(OC2CCN(C)CC2)cc1F. The monoisotopic (exact) mass is 570 g/mol. The molecule has 4 heterocycles. The van der Waals surface area contributed by atoms with Gasteiger partial charge in [0.25, 0.3) is 0 Å². The summed E-state index contributed by atoms with van der Waals surface area (Å²) in [6.45, 7) is 13.0. The van der Waals surface area contributed by atoms with Crippen LogP contribution >= 0.6 is 0 Å². The lowest BCUT2D eigenvalue weighted by molar-refractivity contribution is 0.113. The van der Waals surface area contributed by atoms with Gasteiger partial charge >= 0.3 is 0 Å². The van der Waals surface area contributed by atoms with E-state index in [0.29, 0.717) is 29.2 Å². The topological polar surface area (TPSA) is 61.2 Å². The number of rotatable bonds is 4. The number of halogens is 2. The number of aromatic nitrogens is 2. The molecule has 216 valence electrons. The predicted molar refractivity (Wildman–Crippen MR) is 158 cm³/mol.